The van der Waals surface area contributed by atoms with Crippen LogP contribution >= 0.6 is 48.0 Å². The molecule has 0 saturated carbocycles. The average Bonchev–Trinajstić information content (AvgIpc) is 2.95. The SMILES string of the molecule is CCN(CC)CC1SC(=S)N(C2=NCCN2)C1=O.I. The number of hydrogen-bond donors (Lipinski definition) is 1. The largest absolute Gasteiger partial charge is 0.354 e. The van der Waals surface area contributed by atoms with E-state index in [-0.39, 0.29) is 35.1 Å². The molecule has 1 unspecified atom stereocenters. The highest BCUT2D eigenvalue weighted by Gasteiger charge is 2.40. The van der Waals surface area contributed by atoms with Gasteiger partial charge in [-0.05, 0) is 13.1 Å². The fraction of sp³-hybridized carbons (Fsp3) is 0.727. The summed E-state index contributed by atoms with van der Waals surface area (Å²) in [6.07, 6.45) is 0. The van der Waals surface area contributed by atoms with Crippen molar-refractivity contribution < 1.29 is 4.79 Å². The highest BCUT2D eigenvalue weighted by atomic mass is 127. The molecule has 1 N–H and O–H groups in total. The Morgan fingerprint density at radius 2 is 2.21 bits per heavy atom. The normalized spacial score (nSPS) is 22.6. The van der Waals surface area contributed by atoms with Crippen molar-refractivity contribution in [1.29, 1.82) is 0 Å². The van der Waals surface area contributed by atoms with Crippen LogP contribution in [0.15, 0.2) is 4.99 Å². The van der Waals surface area contributed by atoms with Crippen LogP contribution in [-0.2, 0) is 4.79 Å². The van der Waals surface area contributed by atoms with Crippen molar-refractivity contribution in [1.82, 2.24) is 15.1 Å². The smallest absolute Gasteiger partial charge is 0.249 e. The molecule has 0 aromatic heterocycles. The topological polar surface area (TPSA) is 47.9 Å². The molecule has 2 rings (SSSR count). The number of nitrogens with zero attached hydrogens (tertiary/aromatic N) is 3. The number of nitrogens with one attached hydrogen (secondary N) is 1. The van der Waals surface area contributed by atoms with Gasteiger partial charge in [-0.1, -0.05) is 37.8 Å². The number of hydrogen-bond acceptors (Lipinski definition) is 6. The summed E-state index contributed by atoms with van der Waals surface area (Å²) < 4.78 is 0.616. The zero-order valence-corrected chi connectivity index (χ0v) is 15.1. The molecule has 2 heterocycles. The average molecular weight is 414 g/mol. The van der Waals surface area contributed by atoms with Gasteiger partial charge in [0.2, 0.25) is 11.9 Å². The molecule has 1 atom stereocenters. The monoisotopic (exact) mass is 414 g/mol. The highest BCUT2D eigenvalue weighted by molar-refractivity contribution is 14.0. The third-order valence-electron chi connectivity index (χ3n) is 3.11. The molecule has 5 nitrogen and oxygen atoms in total. The molecule has 0 bridgehead atoms. The Balaban J connectivity index is 0.00000180. The number of carbonyl (C=O) groups is 1. The first-order valence-electron chi connectivity index (χ1n) is 6.22. The van der Waals surface area contributed by atoms with Crippen molar-refractivity contribution in [2.45, 2.75) is 19.1 Å². The predicted molar refractivity (Wildman–Crippen MR) is 94.3 cm³/mol. The first-order valence-corrected chi connectivity index (χ1v) is 7.51. The van der Waals surface area contributed by atoms with Gasteiger partial charge in [0, 0.05) is 13.1 Å². The summed E-state index contributed by atoms with van der Waals surface area (Å²) >= 11 is 6.76. The van der Waals surface area contributed by atoms with Gasteiger partial charge in [-0.25, -0.2) is 4.90 Å². The van der Waals surface area contributed by atoms with Crippen LogP contribution in [0.4, 0.5) is 0 Å². The Kier molecular flexibility index (Phi) is 6.98. The molecule has 19 heavy (non-hydrogen) atoms. The van der Waals surface area contributed by atoms with Gasteiger partial charge in [-0.15, -0.1) is 24.0 Å². The molecule has 0 aromatic carbocycles. The number of thioether (sulfide) groups is 1. The third kappa shape index (κ3) is 3.79. The second kappa shape index (κ2) is 7.75. The number of aliphatic imine (C=N–C) groups is 1. The number of carbonyl (C=O) groups excluding carboxylic acids is 1. The Bertz CT molecular complexity index is 387. The molecule has 8 heteroatoms. The van der Waals surface area contributed by atoms with E-state index in [1.54, 1.807) is 4.90 Å². The Hall–Kier alpha value is 0.0700. The van der Waals surface area contributed by atoms with Gasteiger partial charge in [0.05, 0.1) is 6.54 Å². The molecule has 108 valence electrons. The van der Waals surface area contributed by atoms with Crippen molar-refractivity contribution in [3.05, 3.63) is 0 Å². The first-order chi connectivity index (χ1) is 8.67. The van der Waals surface area contributed by atoms with Gasteiger partial charge < -0.3 is 10.2 Å². The van der Waals surface area contributed by atoms with Gasteiger partial charge in [0.1, 0.15) is 5.25 Å². The zero-order chi connectivity index (χ0) is 13.1. The van der Waals surface area contributed by atoms with E-state index in [0.29, 0.717) is 16.8 Å². The Morgan fingerprint density at radius 1 is 1.53 bits per heavy atom. The number of guanidine groups is 1. The summed E-state index contributed by atoms with van der Waals surface area (Å²) in [5.74, 6) is 0.685. The van der Waals surface area contributed by atoms with E-state index in [1.165, 1.54) is 11.8 Å². The van der Waals surface area contributed by atoms with Crippen LogP contribution in [0.1, 0.15) is 13.8 Å². The molecule has 0 radical (unpaired) electrons. The van der Waals surface area contributed by atoms with E-state index < -0.39 is 0 Å². The fourth-order valence-corrected chi connectivity index (χ4v) is 3.56. The quantitative estimate of drug-likeness (QED) is 0.552. The van der Waals surface area contributed by atoms with Crippen LogP contribution in [0.5, 0.6) is 0 Å². The molecule has 0 aliphatic carbocycles. The summed E-state index contributed by atoms with van der Waals surface area (Å²) in [5.41, 5.74) is 0. The van der Waals surface area contributed by atoms with Crippen molar-refractivity contribution in [2.75, 3.05) is 32.7 Å². The van der Waals surface area contributed by atoms with Crippen molar-refractivity contribution in [3.8, 4) is 0 Å². The number of thiocarbonyl (C=S) groups is 1. The number of amides is 1. The van der Waals surface area contributed by atoms with E-state index in [0.717, 1.165) is 26.2 Å². The van der Waals surface area contributed by atoms with Crippen LogP contribution in [-0.4, -0.2) is 64.0 Å². The van der Waals surface area contributed by atoms with E-state index in [9.17, 15) is 4.79 Å². The van der Waals surface area contributed by atoms with Crippen molar-refractivity contribution in [2.24, 2.45) is 4.99 Å². The van der Waals surface area contributed by atoms with Crippen LogP contribution in [0, 0.1) is 0 Å². The van der Waals surface area contributed by atoms with Crippen LogP contribution in [0.2, 0.25) is 0 Å². The molecule has 0 aromatic rings. The molecular formula is C11H19IN4OS2. The molecule has 1 fully saturated rings. The van der Waals surface area contributed by atoms with Crippen molar-refractivity contribution in [3.63, 3.8) is 0 Å². The maximum Gasteiger partial charge on any atom is 0.249 e. The maximum absolute atomic E-state index is 12.3. The number of rotatable bonds is 4. The van der Waals surface area contributed by atoms with E-state index in [4.69, 9.17) is 12.2 Å². The lowest BCUT2D eigenvalue weighted by Gasteiger charge is -2.20. The lowest BCUT2D eigenvalue weighted by molar-refractivity contribution is -0.123. The summed E-state index contributed by atoms with van der Waals surface area (Å²) in [5, 5.41) is 3.01. The van der Waals surface area contributed by atoms with Gasteiger partial charge in [0.25, 0.3) is 0 Å². The molecule has 2 aliphatic heterocycles. The van der Waals surface area contributed by atoms with Gasteiger partial charge in [-0.3, -0.25) is 9.79 Å². The van der Waals surface area contributed by atoms with Crippen LogP contribution < -0.4 is 5.32 Å². The molecule has 2 aliphatic rings. The van der Waals surface area contributed by atoms with Gasteiger partial charge in [0.15, 0.2) is 4.32 Å². The second-order valence-corrected chi connectivity index (χ2v) is 6.00. The van der Waals surface area contributed by atoms with E-state index >= 15 is 0 Å². The standard InChI is InChI=1S/C11H18N4OS2.HI/c1-3-14(4-2)7-8-9(16)15(11(17)18-8)10-12-5-6-13-10;/h8H,3-7H2,1-2H3,(H,12,13);1H. The van der Waals surface area contributed by atoms with Crippen molar-refractivity contribution >= 4 is 64.1 Å². The predicted octanol–water partition coefficient (Wildman–Crippen LogP) is 1.13. The molecule has 1 amide bonds. The lowest BCUT2D eigenvalue weighted by Crippen LogP contribution is -2.44. The zero-order valence-electron chi connectivity index (χ0n) is 11.1. The molecule has 0 spiro atoms. The van der Waals surface area contributed by atoms with Crippen LogP contribution in [0.25, 0.3) is 0 Å². The lowest BCUT2D eigenvalue weighted by atomic mass is 10.3. The number of halogens is 1. The van der Waals surface area contributed by atoms with Crippen LogP contribution in [0.3, 0.4) is 0 Å². The molecule has 1 saturated heterocycles. The second-order valence-electron chi connectivity index (χ2n) is 4.16. The molecular weight excluding hydrogens is 395 g/mol. The maximum atomic E-state index is 12.3. The fourth-order valence-electron chi connectivity index (χ4n) is 2.02. The third-order valence-corrected chi connectivity index (χ3v) is 4.60. The minimum atomic E-state index is -0.0949. The summed E-state index contributed by atoms with van der Waals surface area (Å²) in [6, 6.07) is 0. The first kappa shape index (κ1) is 17.1. The minimum absolute atomic E-state index is 0. The van der Waals surface area contributed by atoms with E-state index in [2.05, 4.69) is 29.1 Å². The van der Waals surface area contributed by atoms with Gasteiger partial charge >= 0.3 is 0 Å². The summed E-state index contributed by atoms with van der Waals surface area (Å²) in [7, 11) is 0. The van der Waals surface area contributed by atoms with Gasteiger partial charge in [-0.2, -0.15) is 0 Å². The van der Waals surface area contributed by atoms with E-state index in [1.807, 2.05) is 0 Å². The highest BCUT2D eigenvalue weighted by Crippen LogP contribution is 2.28. The Morgan fingerprint density at radius 3 is 2.74 bits per heavy atom. The Labute approximate surface area is 140 Å². The summed E-state index contributed by atoms with van der Waals surface area (Å²) in [4.78, 5) is 20.4. The minimum Gasteiger partial charge on any atom is -0.354 e. The summed E-state index contributed by atoms with van der Waals surface area (Å²) in [6.45, 7) is 8.36.